The minimum Gasteiger partial charge on any atom is -0.310 e. The van der Waals surface area contributed by atoms with E-state index in [1.54, 1.807) is 0 Å². The molecule has 0 unspecified atom stereocenters. The average molecular weight is 225 g/mol. The van der Waals surface area contributed by atoms with Crippen molar-refractivity contribution in [2.75, 3.05) is 24.5 Å². The van der Waals surface area contributed by atoms with E-state index in [2.05, 4.69) is 5.32 Å². The van der Waals surface area contributed by atoms with Crippen molar-refractivity contribution in [1.29, 1.82) is 0 Å². The quantitative estimate of drug-likeness (QED) is 0.786. The van der Waals surface area contributed by atoms with E-state index >= 15 is 0 Å². The lowest BCUT2D eigenvalue weighted by molar-refractivity contribution is -0.118. The van der Waals surface area contributed by atoms with Crippen molar-refractivity contribution < 1.29 is 4.79 Å². The minimum atomic E-state index is 0.117. The maximum absolute atomic E-state index is 11.7. The Morgan fingerprint density at radius 3 is 2.93 bits per heavy atom. The molecule has 1 heterocycles. The van der Waals surface area contributed by atoms with Gasteiger partial charge in [0.2, 0.25) is 5.91 Å². The Bertz CT molecular complexity index is 392. The zero-order chi connectivity index (χ0) is 10.8. The zero-order valence-electron chi connectivity index (χ0n) is 8.59. The topological polar surface area (TPSA) is 32.3 Å². The molecule has 0 atom stereocenters. The minimum absolute atomic E-state index is 0.117. The molecular formula is C11H13ClN2O. The molecule has 1 fully saturated rings. The average Bonchev–Trinajstić information content (AvgIpc) is 2.20. The van der Waals surface area contributed by atoms with Crippen molar-refractivity contribution in [2.45, 2.75) is 6.92 Å². The van der Waals surface area contributed by atoms with Gasteiger partial charge in [0.1, 0.15) is 0 Å². The van der Waals surface area contributed by atoms with Gasteiger partial charge in [0.05, 0.1) is 6.54 Å². The van der Waals surface area contributed by atoms with E-state index in [0.29, 0.717) is 11.6 Å². The highest BCUT2D eigenvalue weighted by Crippen LogP contribution is 2.24. The molecule has 1 aromatic carbocycles. The highest BCUT2D eigenvalue weighted by molar-refractivity contribution is 6.30. The molecule has 4 heteroatoms. The summed E-state index contributed by atoms with van der Waals surface area (Å²) < 4.78 is 0. The van der Waals surface area contributed by atoms with Gasteiger partial charge in [0, 0.05) is 23.8 Å². The largest absolute Gasteiger partial charge is 0.310 e. The van der Waals surface area contributed by atoms with Crippen LogP contribution in [0.3, 0.4) is 0 Å². The Kier molecular flexibility index (Phi) is 2.93. The van der Waals surface area contributed by atoms with Gasteiger partial charge in [0.25, 0.3) is 0 Å². The number of hydrogen-bond acceptors (Lipinski definition) is 2. The van der Waals surface area contributed by atoms with Crippen LogP contribution in [-0.4, -0.2) is 25.5 Å². The highest BCUT2D eigenvalue weighted by Gasteiger charge is 2.20. The van der Waals surface area contributed by atoms with Gasteiger partial charge >= 0.3 is 0 Å². The summed E-state index contributed by atoms with van der Waals surface area (Å²) in [6.45, 7) is 3.95. The van der Waals surface area contributed by atoms with Crippen LogP contribution in [0, 0.1) is 6.92 Å². The molecule has 0 radical (unpaired) electrons. The highest BCUT2D eigenvalue weighted by atomic mass is 35.5. The maximum Gasteiger partial charge on any atom is 0.240 e. The third kappa shape index (κ3) is 2.13. The fourth-order valence-corrected chi connectivity index (χ4v) is 2.01. The van der Waals surface area contributed by atoms with Gasteiger partial charge in [-0.3, -0.25) is 4.79 Å². The summed E-state index contributed by atoms with van der Waals surface area (Å²) in [4.78, 5) is 13.5. The fourth-order valence-electron chi connectivity index (χ4n) is 1.78. The Morgan fingerprint density at radius 1 is 1.47 bits per heavy atom. The van der Waals surface area contributed by atoms with Gasteiger partial charge in [-0.05, 0) is 30.7 Å². The van der Waals surface area contributed by atoms with E-state index in [9.17, 15) is 4.79 Å². The number of aryl methyl sites for hydroxylation is 1. The number of piperazine rings is 1. The number of nitrogens with zero attached hydrogens (tertiary/aromatic N) is 1. The normalized spacial score (nSPS) is 16.9. The van der Waals surface area contributed by atoms with Crippen LogP contribution in [0.4, 0.5) is 5.69 Å². The second-order valence-corrected chi connectivity index (χ2v) is 4.09. The summed E-state index contributed by atoms with van der Waals surface area (Å²) >= 11 is 5.88. The summed E-state index contributed by atoms with van der Waals surface area (Å²) in [7, 11) is 0. The van der Waals surface area contributed by atoms with Crippen molar-refractivity contribution in [3.63, 3.8) is 0 Å². The summed E-state index contributed by atoms with van der Waals surface area (Å²) in [6.07, 6.45) is 0. The monoisotopic (exact) mass is 224 g/mol. The molecule has 1 aromatic rings. The Balaban J connectivity index is 2.31. The van der Waals surface area contributed by atoms with Crippen LogP contribution in [0.2, 0.25) is 5.02 Å². The van der Waals surface area contributed by atoms with Gasteiger partial charge in [-0.1, -0.05) is 11.6 Å². The van der Waals surface area contributed by atoms with Gasteiger partial charge in [-0.15, -0.1) is 0 Å². The lowest BCUT2D eigenvalue weighted by Gasteiger charge is -2.28. The van der Waals surface area contributed by atoms with Gasteiger partial charge in [-0.25, -0.2) is 0 Å². The molecule has 0 aromatic heterocycles. The second kappa shape index (κ2) is 4.21. The third-order valence-electron chi connectivity index (χ3n) is 2.54. The molecule has 1 saturated heterocycles. The first-order valence-electron chi connectivity index (χ1n) is 4.96. The van der Waals surface area contributed by atoms with Crippen LogP contribution in [0.5, 0.6) is 0 Å². The van der Waals surface area contributed by atoms with Crippen molar-refractivity contribution in [1.82, 2.24) is 5.32 Å². The fraction of sp³-hybridized carbons (Fsp3) is 0.364. The molecule has 15 heavy (non-hydrogen) atoms. The number of halogens is 1. The SMILES string of the molecule is Cc1cc(Cl)ccc1N1CCNCC1=O. The number of hydrogen-bond donors (Lipinski definition) is 1. The van der Waals surface area contributed by atoms with Gasteiger partial charge < -0.3 is 10.2 Å². The van der Waals surface area contributed by atoms with E-state index in [1.807, 2.05) is 30.0 Å². The second-order valence-electron chi connectivity index (χ2n) is 3.65. The van der Waals surface area contributed by atoms with E-state index < -0.39 is 0 Å². The molecule has 2 rings (SSSR count). The molecule has 1 aliphatic rings. The number of rotatable bonds is 1. The van der Waals surface area contributed by atoms with Gasteiger partial charge in [-0.2, -0.15) is 0 Å². The van der Waals surface area contributed by atoms with Crippen LogP contribution in [0.1, 0.15) is 5.56 Å². The van der Waals surface area contributed by atoms with Crippen molar-refractivity contribution in [2.24, 2.45) is 0 Å². The predicted octanol–water partition coefficient (Wildman–Crippen LogP) is 1.58. The molecule has 80 valence electrons. The molecule has 0 spiro atoms. The van der Waals surface area contributed by atoms with Crippen LogP contribution < -0.4 is 10.2 Å². The molecule has 0 aliphatic carbocycles. The van der Waals surface area contributed by atoms with Gasteiger partial charge in [0.15, 0.2) is 0 Å². The Morgan fingerprint density at radius 2 is 2.27 bits per heavy atom. The number of benzene rings is 1. The third-order valence-corrected chi connectivity index (χ3v) is 2.77. The number of anilines is 1. The summed E-state index contributed by atoms with van der Waals surface area (Å²) in [5.74, 6) is 0.117. The molecule has 0 bridgehead atoms. The standard InChI is InChI=1S/C11H13ClN2O/c1-8-6-9(12)2-3-10(8)14-5-4-13-7-11(14)15/h2-3,6,13H,4-5,7H2,1H3. The number of amides is 1. The van der Waals surface area contributed by atoms with Crippen molar-refractivity contribution >= 4 is 23.2 Å². The number of nitrogens with one attached hydrogen (secondary N) is 1. The zero-order valence-corrected chi connectivity index (χ0v) is 9.34. The molecule has 1 aliphatic heterocycles. The van der Waals surface area contributed by atoms with Crippen LogP contribution in [0.25, 0.3) is 0 Å². The maximum atomic E-state index is 11.7. The summed E-state index contributed by atoms with van der Waals surface area (Å²) in [5, 5.41) is 3.76. The molecule has 1 amide bonds. The Labute approximate surface area is 94.0 Å². The van der Waals surface area contributed by atoms with Crippen LogP contribution in [-0.2, 0) is 4.79 Å². The molecule has 1 N–H and O–H groups in total. The van der Waals surface area contributed by atoms with Crippen molar-refractivity contribution in [3.05, 3.63) is 28.8 Å². The first-order chi connectivity index (χ1) is 7.18. The predicted molar refractivity (Wildman–Crippen MR) is 61.4 cm³/mol. The van der Waals surface area contributed by atoms with Crippen LogP contribution >= 0.6 is 11.6 Å². The summed E-state index contributed by atoms with van der Waals surface area (Å²) in [5.41, 5.74) is 2.00. The summed E-state index contributed by atoms with van der Waals surface area (Å²) in [6, 6.07) is 5.60. The van der Waals surface area contributed by atoms with E-state index in [1.165, 1.54) is 0 Å². The molecular weight excluding hydrogens is 212 g/mol. The molecule has 3 nitrogen and oxygen atoms in total. The lowest BCUT2D eigenvalue weighted by Crippen LogP contribution is -2.48. The van der Waals surface area contributed by atoms with E-state index in [0.717, 1.165) is 24.3 Å². The Hall–Kier alpha value is -1.06. The molecule has 0 saturated carbocycles. The number of carbonyl (C=O) groups excluding carboxylic acids is 1. The van der Waals surface area contributed by atoms with E-state index in [-0.39, 0.29) is 5.91 Å². The lowest BCUT2D eigenvalue weighted by atomic mass is 10.1. The van der Waals surface area contributed by atoms with Crippen LogP contribution in [0.15, 0.2) is 18.2 Å². The van der Waals surface area contributed by atoms with Crippen molar-refractivity contribution in [3.8, 4) is 0 Å². The smallest absolute Gasteiger partial charge is 0.240 e. The van der Waals surface area contributed by atoms with E-state index in [4.69, 9.17) is 11.6 Å². The number of carbonyl (C=O) groups is 1. The first-order valence-corrected chi connectivity index (χ1v) is 5.33. The first kappa shape index (κ1) is 10.5.